The Morgan fingerprint density at radius 2 is 2.46 bits per heavy atom. The lowest BCUT2D eigenvalue weighted by molar-refractivity contribution is -0.136. The predicted molar refractivity (Wildman–Crippen MR) is 46.3 cm³/mol. The Morgan fingerprint density at radius 3 is 3.00 bits per heavy atom. The lowest BCUT2D eigenvalue weighted by Crippen LogP contribution is -2.05. The van der Waals surface area contributed by atoms with E-state index >= 15 is 0 Å². The van der Waals surface area contributed by atoms with Crippen molar-refractivity contribution in [2.75, 3.05) is 0 Å². The summed E-state index contributed by atoms with van der Waals surface area (Å²) in [6.07, 6.45) is 2.43. The fourth-order valence-electron chi connectivity index (χ4n) is 1.17. The van der Waals surface area contributed by atoms with Crippen molar-refractivity contribution in [3.63, 3.8) is 0 Å². The summed E-state index contributed by atoms with van der Waals surface area (Å²) in [4.78, 5) is 10.3. The molecule has 1 unspecified atom stereocenters. The molecule has 1 heterocycles. The molecule has 0 aliphatic carbocycles. The minimum absolute atomic E-state index is 0.00628. The summed E-state index contributed by atoms with van der Waals surface area (Å²) in [6.45, 7) is 1.75. The monoisotopic (exact) mass is 185 g/mol. The number of carboxylic acids is 1. The number of halogens is 1. The minimum Gasteiger partial charge on any atom is -0.481 e. The fraction of sp³-hybridized carbons (Fsp3) is 0.444. The quantitative estimate of drug-likeness (QED) is 0.771. The van der Waals surface area contributed by atoms with Gasteiger partial charge in [0.2, 0.25) is 0 Å². The van der Waals surface area contributed by atoms with Gasteiger partial charge in [-0.15, -0.1) is 0 Å². The Kier molecular flexibility index (Phi) is 3.06. The van der Waals surface area contributed by atoms with Gasteiger partial charge < -0.3 is 9.67 Å². The van der Waals surface area contributed by atoms with Gasteiger partial charge in [-0.05, 0) is 18.6 Å². The molecule has 72 valence electrons. The normalized spacial score (nSPS) is 12.8. The summed E-state index contributed by atoms with van der Waals surface area (Å²) in [5.74, 6) is -0.869. The number of rotatable bonds is 4. The van der Waals surface area contributed by atoms with Crippen LogP contribution in [0.3, 0.4) is 0 Å². The highest BCUT2D eigenvalue weighted by Crippen LogP contribution is 2.04. The number of aliphatic carboxylic acids is 1. The largest absolute Gasteiger partial charge is 0.481 e. The molecule has 1 aromatic heterocycles. The van der Waals surface area contributed by atoms with Crippen molar-refractivity contribution in [1.29, 1.82) is 0 Å². The molecule has 1 atom stereocenters. The zero-order valence-electron chi connectivity index (χ0n) is 7.40. The number of carboxylic acid groups (broad SMARTS) is 1. The molecular formula is C9H12FNO2. The van der Waals surface area contributed by atoms with Crippen LogP contribution in [0.1, 0.15) is 12.5 Å². The molecule has 0 amide bonds. The lowest BCUT2D eigenvalue weighted by atomic mass is 10.2. The highest BCUT2D eigenvalue weighted by Gasteiger charge is 2.04. The molecule has 4 heteroatoms. The summed E-state index contributed by atoms with van der Waals surface area (Å²) in [5, 5.41) is 8.47. The summed E-state index contributed by atoms with van der Waals surface area (Å²) < 4.78 is 14.2. The molecule has 0 fully saturated rings. The second-order valence-corrected chi connectivity index (χ2v) is 3.07. The minimum atomic E-state index is -0.912. The van der Waals surface area contributed by atoms with Gasteiger partial charge in [0, 0.05) is 12.4 Å². The van der Waals surface area contributed by atoms with Crippen LogP contribution < -0.4 is 0 Å². The molecule has 1 rings (SSSR count). The van der Waals surface area contributed by atoms with Crippen molar-refractivity contribution in [2.45, 2.75) is 26.1 Å². The van der Waals surface area contributed by atoms with Crippen LogP contribution in [0, 0.1) is 0 Å². The van der Waals surface area contributed by atoms with Crippen molar-refractivity contribution >= 4 is 5.97 Å². The predicted octanol–water partition coefficient (Wildman–Crippen LogP) is 1.47. The maximum atomic E-state index is 12.5. The Morgan fingerprint density at radius 1 is 1.77 bits per heavy atom. The van der Waals surface area contributed by atoms with E-state index in [0.29, 0.717) is 5.56 Å². The van der Waals surface area contributed by atoms with Gasteiger partial charge in [-0.2, -0.15) is 0 Å². The van der Waals surface area contributed by atoms with E-state index in [1.54, 1.807) is 23.0 Å². The van der Waals surface area contributed by atoms with Crippen LogP contribution in [0.15, 0.2) is 18.5 Å². The Labute approximate surface area is 75.8 Å². The van der Waals surface area contributed by atoms with E-state index < -0.39 is 12.1 Å². The topological polar surface area (TPSA) is 42.2 Å². The molecule has 13 heavy (non-hydrogen) atoms. The molecule has 0 aliphatic heterocycles. The second-order valence-electron chi connectivity index (χ2n) is 3.07. The Bertz CT molecular complexity index is 294. The zero-order chi connectivity index (χ0) is 9.84. The summed E-state index contributed by atoms with van der Waals surface area (Å²) in [6, 6.07) is 1.69. The number of carbonyl (C=O) groups is 1. The third-order valence-corrected chi connectivity index (χ3v) is 1.63. The molecular weight excluding hydrogens is 173 g/mol. The molecule has 1 aromatic rings. The third kappa shape index (κ3) is 3.27. The molecule has 3 nitrogen and oxygen atoms in total. The van der Waals surface area contributed by atoms with E-state index in [9.17, 15) is 9.18 Å². The van der Waals surface area contributed by atoms with E-state index in [2.05, 4.69) is 0 Å². The SMILES string of the molecule is CC(F)Cn1ccc(CC(=O)O)c1. The van der Waals surface area contributed by atoms with Crippen molar-refractivity contribution in [1.82, 2.24) is 4.57 Å². The third-order valence-electron chi connectivity index (χ3n) is 1.63. The summed E-state index contributed by atoms with van der Waals surface area (Å²) in [7, 11) is 0. The molecule has 0 bridgehead atoms. The molecule has 1 N–H and O–H groups in total. The van der Waals surface area contributed by atoms with Crippen LogP contribution in [0.25, 0.3) is 0 Å². The number of alkyl halides is 1. The van der Waals surface area contributed by atoms with Gasteiger partial charge >= 0.3 is 5.97 Å². The van der Waals surface area contributed by atoms with E-state index in [1.807, 2.05) is 0 Å². The highest BCUT2D eigenvalue weighted by atomic mass is 19.1. The van der Waals surface area contributed by atoms with E-state index in [1.165, 1.54) is 6.92 Å². The van der Waals surface area contributed by atoms with Crippen molar-refractivity contribution in [3.05, 3.63) is 24.0 Å². The maximum Gasteiger partial charge on any atom is 0.307 e. The molecule has 0 saturated carbocycles. The average Bonchev–Trinajstić information content (AvgIpc) is 2.33. The van der Waals surface area contributed by atoms with E-state index in [4.69, 9.17) is 5.11 Å². The van der Waals surface area contributed by atoms with Gasteiger partial charge in [0.1, 0.15) is 6.17 Å². The maximum absolute atomic E-state index is 12.5. The van der Waals surface area contributed by atoms with E-state index in [-0.39, 0.29) is 13.0 Å². The number of aromatic nitrogens is 1. The first-order valence-corrected chi connectivity index (χ1v) is 4.08. The smallest absolute Gasteiger partial charge is 0.307 e. The standard InChI is InChI=1S/C9H12FNO2/c1-7(10)5-11-3-2-8(6-11)4-9(12)13/h2-3,6-7H,4-5H2,1H3,(H,12,13). The molecule has 0 radical (unpaired) electrons. The van der Waals surface area contributed by atoms with E-state index in [0.717, 1.165) is 0 Å². The van der Waals surface area contributed by atoms with Crippen LogP contribution in [0.4, 0.5) is 4.39 Å². The molecule has 0 aliphatic rings. The number of nitrogens with zero attached hydrogens (tertiary/aromatic N) is 1. The van der Waals surface area contributed by atoms with Crippen molar-refractivity contribution < 1.29 is 14.3 Å². The van der Waals surface area contributed by atoms with Gasteiger partial charge in [-0.25, -0.2) is 4.39 Å². The fourth-order valence-corrected chi connectivity index (χ4v) is 1.17. The van der Waals surface area contributed by atoms with Gasteiger partial charge in [0.15, 0.2) is 0 Å². The summed E-state index contributed by atoms with van der Waals surface area (Å²) in [5.41, 5.74) is 0.702. The first kappa shape index (κ1) is 9.77. The summed E-state index contributed by atoms with van der Waals surface area (Å²) >= 11 is 0. The van der Waals surface area contributed by atoms with Crippen LogP contribution in [-0.2, 0) is 17.8 Å². The van der Waals surface area contributed by atoms with Gasteiger partial charge in [-0.3, -0.25) is 4.79 Å². The van der Waals surface area contributed by atoms with Crippen LogP contribution in [0.2, 0.25) is 0 Å². The van der Waals surface area contributed by atoms with Crippen LogP contribution in [0.5, 0.6) is 0 Å². The first-order chi connectivity index (χ1) is 6.08. The van der Waals surface area contributed by atoms with Gasteiger partial charge in [-0.1, -0.05) is 0 Å². The first-order valence-electron chi connectivity index (χ1n) is 4.08. The second kappa shape index (κ2) is 4.07. The molecule has 0 saturated heterocycles. The number of hydrogen-bond acceptors (Lipinski definition) is 1. The van der Waals surface area contributed by atoms with Crippen LogP contribution >= 0.6 is 0 Å². The highest BCUT2D eigenvalue weighted by molar-refractivity contribution is 5.69. The van der Waals surface area contributed by atoms with Gasteiger partial charge in [0.05, 0.1) is 13.0 Å². The average molecular weight is 185 g/mol. The van der Waals surface area contributed by atoms with Crippen LogP contribution in [-0.4, -0.2) is 21.8 Å². The molecule has 0 spiro atoms. The Balaban J connectivity index is 2.58. The van der Waals surface area contributed by atoms with Crippen molar-refractivity contribution in [2.24, 2.45) is 0 Å². The van der Waals surface area contributed by atoms with Crippen molar-refractivity contribution in [3.8, 4) is 0 Å². The molecule has 0 aromatic carbocycles. The van der Waals surface area contributed by atoms with Gasteiger partial charge in [0.25, 0.3) is 0 Å². The Hall–Kier alpha value is -1.32. The lowest BCUT2D eigenvalue weighted by Gasteiger charge is -2.01. The zero-order valence-corrected chi connectivity index (χ0v) is 7.40. The number of hydrogen-bond donors (Lipinski definition) is 1.